The van der Waals surface area contributed by atoms with Crippen LogP contribution < -0.4 is 0 Å². The molecule has 0 saturated carbocycles. The topological polar surface area (TPSA) is 45.2 Å². The Labute approximate surface area is 108 Å². The largest absolute Gasteiger partial charge is 0.353 e. The van der Waals surface area contributed by atoms with E-state index >= 15 is 0 Å². The van der Waals surface area contributed by atoms with Crippen LogP contribution in [0.4, 0.5) is 4.39 Å². The number of aliphatic imine (C=N–C) groups is 1. The van der Waals surface area contributed by atoms with Crippen LogP contribution in [0, 0.1) is 5.82 Å². The molecule has 5 heteroatoms. The molecule has 3 rings (SSSR count). The van der Waals surface area contributed by atoms with Crippen LogP contribution in [0.15, 0.2) is 29.3 Å². The number of halogens is 2. The van der Waals surface area contributed by atoms with E-state index in [-0.39, 0.29) is 17.1 Å². The number of carbonyl (C=O) groups excluding carboxylic acids is 1. The maximum absolute atomic E-state index is 13.6. The van der Waals surface area contributed by atoms with Crippen LogP contribution >= 0.6 is 11.6 Å². The van der Waals surface area contributed by atoms with E-state index < -0.39 is 0 Å². The number of alkyl halides is 1. The number of fused-ring (bicyclic) bond motifs is 1. The van der Waals surface area contributed by atoms with Gasteiger partial charge < -0.3 is 4.98 Å². The van der Waals surface area contributed by atoms with Crippen molar-refractivity contribution in [3.63, 3.8) is 0 Å². The van der Waals surface area contributed by atoms with Crippen LogP contribution in [0.2, 0.25) is 0 Å². The van der Waals surface area contributed by atoms with Gasteiger partial charge in [0.05, 0.1) is 5.69 Å². The van der Waals surface area contributed by atoms with Crippen LogP contribution in [0.1, 0.15) is 18.5 Å². The van der Waals surface area contributed by atoms with Gasteiger partial charge in [0.2, 0.25) is 0 Å². The van der Waals surface area contributed by atoms with Crippen LogP contribution in [0.25, 0.3) is 10.9 Å². The molecule has 1 N–H and O–H groups in total. The Hall–Kier alpha value is -1.68. The summed E-state index contributed by atoms with van der Waals surface area (Å²) >= 11 is 5.93. The van der Waals surface area contributed by atoms with Gasteiger partial charge >= 0.3 is 0 Å². The summed E-state index contributed by atoms with van der Waals surface area (Å²) < 4.78 is 13.6. The van der Waals surface area contributed by atoms with Crippen molar-refractivity contribution in [2.24, 2.45) is 4.99 Å². The van der Waals surface area contributed by atoms with Crippen LogP contribution in [0.3, 0.4) is 0 Å². The van der Waals surface area contributed by atoms with E-state index in [1.807, 2.05) is 0 Å². The lowest BCUT2D eigenvalue weighted by atomic mass is 10.0. The van der Waals surface area contributed by atoms with E-state index in [1.54, 1.807) is 18.2 Å². The van der Waals surface area contributed by atoms with Gasteiger partial charge in [0.15, 0.2) is 5.78 Å². The van der Waals surface area contributed by atoms with Gasteiger partial charge in [-0.3, -0.25) is 9.79 Å². The minimum atomic E-state index is -0.381. The Morgan fingerprint density at radius 3 is 3.06 bits per heavy atom. The Kier molecular flexibility index (Phi) is 2.67. The molecule has 0 bridgehead atoms. The third-order valence-electron chi connectivity index (χ3n) is 3.01. The highest BCUT2D eigenvalue weighted by molar-refractivity contribution is 6.47. The molecule has 18 heavy (non-hydrogen) atoms. The number of aromatic amines is 1. The Balaban J connectivity index is 2.15. The van der Waals surface area contributed by atoms with Gasteiger partial charge in [0.25, 0.3) is 0 Å². The van der Waals surface area contributed by atoms with E-state index in [1.165, 1.54) is 6.07 Å². The maximum atomic E-state index is 13.6. The third-order valence-corrected chi connectivity index (χ3v) is 3.32. The van der Waals surface area contributed by atoms with Crippen molar-refractivity contribution in [1.29, 1.82) is 0 Å². The van der Waals surface area contributed by atoms with Crippen molar-refractivity contribution in [3.05, 3.63) is 35.8 Å². The minimum Gasteiger partial charge on any atom is -0.353 e. The first kappa shape index (κ1) is 11.4. The number of nitrogens with zero attached hydrogens (tertiary/aromatic N) is 1. The van der Waals surface area contributed by atoms with Gasteiger partial charge in [0, 0.05) is 17.3 Å². The molecule has 92 valence electrons. The smallest absolute Gasteiger partial charge is 0.183 e. The average Bonchev–Trinajstić information content (AvgIpc) is 2.77. The second-order valence-corrected chi connectivity index (χ2v) is 4.76. The number of aromatic nitrogens is 1. The van der Waals surface area contributed by atoms with Crippen molar-refractivity contribution in [2.45, 2.75) is 18.3 Å². The van der Waals surface area contributed by atoms with Crippen molar-refractivity contribution >= 4 is 34.0 Å². The quantitative estimate of drug-likeness (QED) is 0.624. The van der Waals surface area contributed by atoms with Gasteiger partial charge in [-0.15, -0.1) is 0 Å². The van der Waals surface area contributed by atoms with Crippen LogP contribution in [-0.2, 0) is 4.79 Å². The fraction of sp³-hybridized carbons (Fsp3) is 0.231. The van der Waals surface area contributed by atoms with E-state index in [2.05, 4.69) is 9.98 Å². The standard InChI is InChI=1S/C13H10ClFN2O/c14-12-5-4-11(18)13(17-12)10-6-7-8(15)2-1-3-9(7)16-10/h1-3,6,12,16H,4-5H2. The molecule has 1 unspecified atom stereocenters. The first-order chi connectivity index (χ1) is 8.65. The number of nitrogens with one attached hydrogen (secondary N) is 1. The number of benzene rings is 1. The molecule has 1 aliphatic rings. The molecule has 3 nitrogen and oxygen atoms in total. The van der Waals surface area contributed by atoms with Gasteiger partial charge in [-0.1, -0.05) is 17.7 Å². The number of hydrogen-bond donors (Lipinski definition) is 1. The normalized spacial score (nSPS) is 20.2. The van der Waals surface area contributed by atoms with Crippen molar-refractivity contribution < 1.29 is 9.18 Å². The molecular weight excluding hydrogens is 255 g/mol. The summed E-state index contributed by atoms with van der Waals surface area (Å²) in [6.07, 6.45) is 0.934. The van der Waals surface area contributed by atoms with Gasteiger partial charge in [-0.25, -0.2) is 4.39 Å². The van der Waals surface area contributed by atoms with E-state index in [9.17, 15) is 9.18 Å². The zero-order chi connectivity index (χ0) is 12.7. The average molecular weight is 265 g/mol. The number of H-pyrrole nitrogens is 1. The molecule has 2 heterocycles. The summed E-state index contributed by atoms with van der Waals surface area (Å²) in [5.41, 5.74) is 1.12. The first-order valence-electron chi connectivity index (χ1n) is 5.68. The highest BCUT2D eigenvalue weighted by atomic mass is 35.5. The number of carbonyl (C=O) groups is 1. The predicted octanol–water partition coefficient (Wildman–Crippen LogP) is 3.02. The molecular formula is C13H10ClFN2O. The minimum absolute atomic E-state index is 0.0566. The van der Waals surface area contributed by atoms with Crippen molar-refractivity contribution in [1.82, 2.24) is 4.98 Å². The Morgan fingerprint density at radius 2 is 2.28 bits per heavy atom. The Morgan fingerprint density at radius 1 is 1.44 bits per heavy atom. The van der Waals surface area contributed by atoms with Crippen molar-refractivity contribution in [2.75, 3.05) is 0 Å². The lowest BCUT2D eigenvalue weighted by molar-refractivity contribution is -0.113. The zero-order valence-electron chi connectivity index (χ0n) is 9.41. The van der Waals surface area contributed by atoms with Crippen LogP contribution in [0.5, 0.6) is 0 Å². The first-order valence-corrected chi connectivity index (χ1v) is 6.11. The number of ketones is 1. The molecule has 1 atom stereocenters. The van der Waals surface area contributed by atoms with Gasteiger partial charge in [-0.2, -0.15) is 0 Å². The molecule has 1 aromatic carbocycles. The van der Waals surface area contributed by atoms with Gasteiger partial charge in [-0.05, 0) is 24.6 Å². The molecule has 1 aromatic heterocycles. The van der Waals surface area contributed by atoms with Crippen LogP contribution in [-0.4, -0.2) is 22.0 Å². The molecule has 0 fully saturated rings. The fourth-order valence-corrected chi connectivity index (χ4v) is 2.32. The SMILES string of the molecule is O=C1CCC(Cl)N=C1c1cc2c(F)cccc2[nH]1. The summed E-state index contributed by atoms with van der Waals surface area (Å²) in [7, 11) is 0. The molecule has 0 spiro atoms. The lowest BCUT2D eigenvalue weighted by Crippen LogP contribution is -2.23. The predicted molar refractivity (Wildman–Crippen MR) is 68.7 cm³/mol. The third kappa shape index (κ3) is 1.82. The summed E-state index contributed by atoms with van der Waals surface area (Å²) in [6.45, 7) is 0. The summed E-state index contributed by atoms with van der Waals surface area (Å²) in [5.74, 6) is -0.375. The number of rotatable bonds is 1. The second kappa shape index (κ2) is 4.21. The Bertz CT molecular complexity index is 662. The summed E-state index contributed by atoms with van der Waals surface area (Å²) in [5, 5.41) is 0.458. The highest BCUT2D eigenvalue weighted by Gasteiger charge is 2.23. The van der Waals surface area contributed by atoms with Gasteiger partial charge in [0.1, 0.15) is 17.0 Å². The summed E-state index contributed by atoms with van der Waals surface area (Å²) in [6, 6.07) is 6.37. The lowest BCUT2D eigenvalue weighted by Gasteiger charge is -2.13. The highest BCUT2D eigenvalue weighted by Crippen LogP contribution is 2.22. The second-order valence-electron chi connectivity index (χ2n) is 4.26. The van der Waals surface area contributed by atoms with E-state index in [4.69, 9.17) is 11.6 Å². The molecule has 2 aromatic rings. The number of Topliss-reactive ketones (excluding diaryl/α,β-unsaturated/α-hetero) is 1. The molecule has 0 aliphatic carbocycles. The molecule has 0 radical (unpaired) electrons. The fourth-order valence-electron chi connectivity index (χ4n) is 2.11. The maximum Gasteiger partial charge on any atom is 0.183 e. The monoisotopic (exact) mass is 264 g/mol. The van der Waals surface area contributed by atoms with E-state index in [0.29, 0.717) is 35.2 Å². The van der Waals surface area contributed by atoms with E-state index in [0.717, 1.165) is 0 Å². The molecule has 1 aliphatic heterocycles. The molecule has 0 amide bonds. The summed E-state index contributed by atoms with van der Waals surface area (Å²) in [4.78, 5) is 18.9. The number of hydrogen-bond acceptors (Lipinski definition) is 2. The molecule has 0 saturated heterocycles. The van der Waals surface area contributed by atoms with Crippen molar-refractivity contribution in [3.8, 4) is 0 Å². The zero-order valence-corrected chi connectivity index (χ0v) is 10.2.